The molecule has 0 radical (unpaired) electrons. The van der Waals surface area contributed by atoms with Crippen molar-refractivity contribution >= 4 is 11.3 Å². The van der Waals surface area contributed by atoms with Crippen LogP contribution in [0.5, 0.6) is 11.5 Å². The zero-order valence-electron chi connectivity index (χ0n) is 15.6. The first-order valence-electron chi connectivity index (χ1n) is 8.90. The monoisotopic (exact) mass is 393 g/mol. The summed E-state index contributed by atoms with van der Waals surface area (Å²) in [7, 11) is 1.63. The molecule has 0 saturated carbocycles. The zero-order chi connectivity index (χ0) is 19.3. The number of aryl methyl sites for hydroxylation is 1. The Kier molecular flexibility index (Phi) is 5.34. The van der Waals surface area contributed by atoms with Crippen molar-refractivity contribution in [2.75, 3.05) is 7.11 Å². The molecule has 2 aromatic carbocycles. The van der Waals surface area contributed by atoms with E-state index in [0.717, 1.165) is 34.0 Å². The van der Waals surface area contributed by atoms with E-state index in [0.29, 0.717) is 17.5 Å². The minimum absolute atomic E-state index is 0.199. The molecule has 0 unspecified atom stereocenters. The Balaban J connectivity index is 1.47. The molecule has 0 aliphatic rings. The molecule has 0 bridgehead atoms. The summed E-state index contributed by atoms with van der Waals surface area (Å²) in [5.41, 5.74) is 2.88. The minimum atomic E-state index is 0.199. The summed E-state index contributed by atoms with van der Waals surface area (Å²) in [6, 6.07) is 15.3. The number of methoxy groups -OCH3 is 1. The number of ether oxygens (including phenoxy) is 2. The van der Waals surface area contributed by atoms with Crippen molar-refractivity contribution in [3.05, 3.63) is 64.8 Å². The first-order valence-corrected chi connectivity index (χ1v) is 9.78. The Hall–Kier alpha value is -3.19. The van der Waals surface area contributed by atoms with Crippen LogP contribution in [0.15, 0.2) is 58.4 Å². The molecule has 0 saturated heterocycles. The average molecular weight is 393 g/mol. The van der Waals surface area contributed by atoms with E-state index in [9.17, 15) is 0 Å². The maximum Gasteiger partial charge on any atom is 0.264 e. The first kappa shape index (κ1) is 18.2. The lowest BCUT2D eigenvalue weighted by molar-refractivity contribution is 0.242. The fraction of sp³-hybridized carbons (Fsp3) is 0.190. The van der Waals surface area contributed by atoms with Crippen molar-refractivity contribution in [2.45, 2.75) is 20.0 Å². The molecule has 0 aliphatic carbocycles. The van der Waals surface area contributed by atoms with Crippen LogP contribution in [-0.4, -0.2) is 22.2 Å². The van der Waals surface area contributed by atoms with Crippen LogP contribution >= 0.6 is 11.3 Å². The molecule has 142 valence electrons. The normalized spacial score (nSPS) is 10.8. The third-order valence-electron chi connectivity index (χ3n) is 4.16. The summed E-state index contributed by atoms with van der Waals surface area (Å²) >= 11 is 1.67. The summed E-state index contributed by atoms with van der Waals surface area (Å²) in [4.78, 5) is 9.08. The maximum atomic E-state index is 5.69. The third-order valence-corrected chi connectivity index (χ3v) is 5.15. The number of hydrogen-bond acceptors (Lipinski definition) is 7. The van der Waals surface area contributed by atoms with Crippen LogP contribution < -0.4 is 9.47 Å². The average Bonchev–Trinajstić information content (AvgIpc) is 3.42. The van der Waals surface area contributed by atoms with Crippen LogP contribution in [0.3, 0.4) is 0 Å². The molecular formula is C21H19N3O3S. The van der Waals surface area contributed by atoms with E-state index < -0.39 is 0 Å². The van der Waals surface area contributed by atoms with Crippen molar-refractivity contribution in [1.82, 2.24) is 15.1 Å². The van der Waals surface area contributed by atoms with Crippen molar-refractivity contribution < 1.29 is 14.0 Å². The second-order valence-corrected chi connectivity index (χ2v) is 6.98. The predicted molar refractivity (Wildman–Crippen MR) is 108 cm³/mol. The van der Waals surface area contributed by atoms with Gasteiger partial charge in [-0.15, -0.1) is 11.3 Å². The largest absolute Gasteiger partial charge is 0.497 e. The Morgan fingerprint density at radius 3 is 2.54 bits per heavy atom. The molecule has 4 rings (SSSR count). The molecule has 2 heterocycles. The molecule has 0 fully saturated rings. The van der Waals surface area contributed by atoms with Gasteiger partial charge in [-0.25, -0.2) is 4.98 Å². The highest BCUT2D eigenvalue weighted by Crippen LogP contribution is 2.26. The van der Waals surface area contributed by atoms with Gasteiger partial charge in [0.25, 0.3) is 5.89 Å². The lowest BCUT2D eigenvalue weighted by Gasteiger charge is -2.04. The fourth-order valence-corrected chi connectivity index (χ4v) is 3.43. The fourth-order valence-electron chi connectivity index (χ4n) is 2.67. The second-order valence-electron chi connectivity index (χ2n) is 6.04. The van der Waals surface area contributed by atoms with Crippen molar-refractivity contribution in [1.29, 1.82) is 0 Å². The van der Waals surface area contributed by atoms with Crippen LogP contribution in [0, 0.1) is 0 Å². The molecule has 7 heteroatoms. The molecule has 0 amide bonds. The van der Waals surface area contributed by atoms with Gasteiger partial charge in [0.2, 0.25) is 5.82 Å². The van der Waals surface area contributed by atoms with E-state index in [2.05, 4.69) is 27.4 Å². The summed E-state index contributed by atoms with van der Waals surface area (Å²) in [5, 5.41) is 7.27. The van der Waals surface area contributed by atoms with Crippen LogP contribution in [0.1, 0.15) is 17.8 Å². The van der Waals surface area contributed by atoms with Crippen molar-refractivity contribution in [3.8, 4) is 34.1 Å². The molecular weight excluding hydrogens is 374 g/mol. The smallest absolute Gasteiger partial charge is 0.264 e. The number of thiazole rings is 1. The molecule has 0 atom stereocenters. The zero-order valence-corrected chi connectivity index (χ0v) is 16.4. The van der Waals surface area contributed by atoms with Gasteiger partial charge in [0.1, 0.15) is 11.5 Å². The van der Waals surface area contributed by atoms with Gasteiger partial charge in [-0.3, -0.25) is 0 Å². The molecule has 28 heavy (non-hydrogen) atoms. The second kappa shape index (κ2) is 8.22. The van der Waals surface area contributed by atoms with Crippen molar-refractivity contribution in [3.63, 3.8) is 0 Å². The van der Waals surface area contributed by atoms with Gasteiger partial charge in [0.15, 0.2) is 6.61 Å². The highest BCUT2D eigenvalue weighted by atomic mass is 32.1. The van der Waals surface area contributed by atoms with Gasteiger partial charge < -0.3 is 14.0 Å². The number of nitrogens with zero attached hydrogens (tertiary/aromatic N) is 3. The summed E-state index contributed by atoms with van der Waals surface area (Å²) < 4.78 is 16.2. The van der Waals surface area contributed by atoms with Gasteiger partial charge in [0.05, 0.1) is 17.8 Å². The molecule has 0 spiro atoms. The van der Waals surface area contributed by atoms with E-state index in [-0.39, 0.29) is 6.61 Å². The minimum Gasteiger partial charge on any atom is -0.497 e. The molecule has 6 nitrogen and oxygen atoms in total. The molecule has 2 aromatic heterocycles. The van der Waals surface area contributed by atoms with Gasteiger partial charge in [0, 0.05) is 16.5 Å². The Labute approximate surface area is 166 Å². The molecule has 0 N–H and O–H groups in total. The number of rotatable bonds is 7. The number of aromatic nitrogens is 3. The van der Waals surface area contributed by atoms with Gasteiger partial charge in [-0.1, -0.05) is 30.3 Å². The third kappa shape index (κ3) is 4.04. The topological polar surface area (TPSA) is 70.3 Å². The van der Waals surface area contributed by atoms with Crippen LogP contribution in [0.25, 0.3) is 22.6 Å². The number of benzene rings is 2. The summed E-state index contributed by atoms with van der Waals surface area (Å²) in [5.74, 6) is 2.43. The van der Waals surface area contributed by atoms with E-state index in [1.165, 1.54) is 0 Å². The summed E-state index contributed by atoms with van der Waals surface area (Å²) in [6.07, 6.45) is 0.937. The summed E-state index contributed by atoms with van der Waals surface area (Å²) in [6.45, 7) is 2.30. The van der Waals surface area contributed by atoms with Gasteiger partial charge in [-0.2, -0.15) is 4.98 Å². The quantitative estimate of drug-likeness (QED) is 0.440. The van der Waals surface area contributed by atoms with Gasteiger partial charge in [-0.05, 0) is 36.8 Å². The number of hydrogen-bond donors (Lipinski definition) is 0. The van der Waals surface area contributed by atoms with Gasteiger partial charge >= 0.3 is 0 Å². The SMILES string of the molecule is CCc1nc(-c2cccc(-c3noc(COc4ccc(OC)cc4)n3)c2)cs1. The van der Waals surface area contributed by atoms with Crippen LogP contribution in [0.2, 0.25) is 0 Å². The standard InChI is InChI=1S/C21H19N3O3S/c1-3-20-22-18(13-28-20)14-5-4-6-15(11-14)21-23-19(27-24-21)12-26-17-9-7-16(25-2)8-10-17/h4-11,13H,3,12H2,1-2H3. The van der Waals surface area contributed by atoms with Crippen LogP contribution in [0.4, 0.5) is 0 Å². The highest BCUT2D eigenvalue weighted by molar-refractivity contribution is 7.09. The Morgan fingerprint density at radius 1 is 1.00 bits per heavy atom. The first-order chi connectivity index (χ1) is 13.7. The van der Waals surface area contributed by atoms with E-state index >= 15 is 0 Å². The molecule has 4 aromatic rings. The van der Waals surface area contributed by atoms with E-state index in [4.69, 9.17) is 14.0 Å². The molecule has 0 aliphatic heterocycles. The Morgan fingerprint density at radius 2 is 1.79 bits per heavy atom. The van der Waals surface area contributed by atoms with Crippen molar-refractivity contribution in [2.24, 2.45) is 0 Å². The Bertz CT molecular complexity index is 1060. The van der Waals surface area contributed by atoms with E-state index in [1.54, 1.807) is 18.4 Å². The predicted octanol–water partition coefficient (Wildman–Crippen LogP) is 5.01. The van der Waals surface area contributed by atoms with Crippen LogP contribution in [-0.2, 0) is 13.0 Å². The maximum absolute atomic E-state index is 5.69. The lowest BCUT2D eigenvalue weighted by Crippen LogP contribution is -1.95. The highest BCUT2D eigenvalue weighted by Gasteiger charge is 2.11. The lowest BCUT2D eigenvalue weighted by atomic mass is 10.1. The van der Waals surface area contributed by atoms with E-state index in [1.807, 2.05) is 48.5 Å².